The molecule has 1 unspecified atom stereocenters. The van der Waals surface area contributed by atoms with Crippen molar-refractivity contribution in [1.29, 1.82) is 0 Å². The second-order valence-electron chi connectivity index (χ2n) is 4.90. The van der Waals surface area contributed by atoms with Gasteiger partial charge in [-0.1, -0.05) is 0 Å². The van der Waals surface area contributed by atoms with Gasteiger partial charge in [0.2, 0.25) is 0 Å². The molecule has 1 aromatic heterocycles. The number of rotatable bonds is 3. The van der Waals surface area contributed by atoms with Gasteiger partial charge in [-0.15, -0.1) is 0 Å². The zero-order valence-corrected chi connectivity index (χ0v) is 11.2. The van der Waals surface area contributed by atoms with Crippen LogP contribution in [0.5, 0.6) is 5.75 Å². The van der Waals surface area contributed by atoms with E-state index in [2.05, 4.69) is 4.98 Å². The lowest BCUT2D eigenvalue weighted by atomic mass is 10.1. The Labute approximate surface area is 116 Å². The minimum Gasteiger partial charge on any atom is -0.495 e. The van der Waals surface area contributed by atoms with Crippen molar-refractivity contribution < 1.29 is 14.6 Å². The Morgan fingerprint density at radius 1 is 1.45 bits per heavy atom. The molecule has 0 bridgehead atoms. The quantitative estimate of drug-likeness (QED) is 0.928. The summed E-state index contributed by atoms with van der Waals surface area (Å²) in [5.74, 6) is -0.0764. The molecule has 5 heteroatoms. The molecular weight excluding hydrogens is 256 g/mol. The Kier molecular flexibility index (Phi) is 3.18. The van der Waals surface area contributed by atoms with Crippen LogP contribution in [-0.4, -0.2) is 35.8 Å². The third-order valence-corrected chi connectivity index (χ3v) is 3.80. The minimum atomic E-state index is -0.782. The maximum atomic E-state index is 11.4. The second-order valence-corrected chi connectivity index (χ2v) is 4.90. The Bertz CT molecular complexity index is 657. The van der Waals surface area contributed by atoms with Gasteiger partial charge in [-0.05, 0) is 31.0 Å². The standard InChI is InChI=1S/C15H16N2O3/c1-20-13-5-4-10-9-16-7-6-11(10)14(13)17-8-2-3-12(17)15(18)19/h4-7,9,12H,2-3,8H2,1H3,(H,18,19). The largest absolute Gasteiger partial charge is 0.495 e. The van der Waals surface area contributed by atoms with E-state index in [4.69, 9.17) is 4.74 Å². The SMILES string of the molecule is COc1ccc2cnccc2c1N1CCCC1C(=O)O. The lowest BCUT2D eigenvalue weighted by Crippen LogP contribution is -2.36. The number of aliphatic carboxylic acids is 1. The van der Waals surface area contributed by atoms with Crippen molar-refractivity contribution in [3.63, 3.8) is 0 Å². The predicted octanol–water partition coefficient (Wildman–Crippen LogP) is 2.30. The summed E-state index contributed by atoms with van der Waals surface area (Å²) in [5.41, 5.74) is 0.859. The number of carboxylic acids is 1. The van der Waals surface area contributed by atoms with Crippen molar-refractivity contribution in [2.75, 3.05) is 18.6 Å². The van der Waals surface area contributed by atoms with Crippen LogP contribution >= 0.6 is 0 Å². The molecule has 3 rings (SSSR count). The molecule has 0 amide bonds. The fourth-order valence-corrected chi connectivity index (χ4v) is 2.88. The lowest BCUT2D eigenvalue weighted by Gasteiger charge is -2.27. The number of hydrogen-bond acceptors (Lipinski definition) is 4. The molecule has 1 aliphatic rings. The van der Waals surface area contributed by atoms with Crippen molar-refractivity contribution in [1.82, 2.24) is 4.98 Å². The van der Waals surface area contributed by atoms with Gasteiger partial charge in [0.05, 0.1) is 12.8 Å². The number of ether oxygens (including phenoxy) is 1. The summed E-state index contributed by atoms with van der Waals surface area (Å²) in [6.45, 7) is 0.731. The van der Waals surface area contributed by atoms with E-state index in [0.717, 1.165) is 29.4 Å². The van der Waals surface area contributed by atoms with E-state index in [-0.39, 0.29) is 0 Å². The third-order valence-electron chi connectivity index (χ3n) is 3.80. The van der Waals surface area contributed by atoms with Crippen molar-refractivity contribution in [2.24, 2.45) is 0 Å². The number of benzene rings is 1. The number of nitrogens with zero attached hydrogens (tertiary/aromatic N) is 2. The van der Waals surface area contributed by atoms with E-state index in [9.17, 15) is 9.90 Å². The molecule has 1 N–H and O–H groups in total. The molecule has 2 heterocycles. The first kappa shape index (κ1) is 12.7. The number of carbonyl (C=O) groups is 1. The summed E-state index contributed by atoms with van der Waals surface area (Å²) >= 11 is 0. The van der Waals surface area contributed by atoms with Crippen LogP contribution in [0.2, 0.25) is 0 Å². The summed E-state index contributed by atoms with van der Waals surface area (Å²) in [4.78, 5) is 17.5. The third kappa shape index (κ3) is 1.95. The number of aromatic nitrogens is 1. The van der Waals surface area contributed by atoms with Crippen LogP contribution in [0, 0.1) is 0 Å². The number of fused-ring (bicyclic) bond motifs is 1. The first-order valence-electron chi connectivity index (χ1n) is 6.62. The Balaban J connectivity index is 2.20. The molecule has 0 spiro atoms. The normalized spacial score (nSPS) is 18.4. The number of carboxylic acid groups (broad SMARTS) is 1. The molecule has 1 fully saturated rings. The fourth-order valence-electron chi connectivity index (χ4n) is 2.88. The van der Waals surface area contributed by atoms with Crippen molar-refractivity contribution in [3.05, 3.63) is 30.6 Å². The van der Waals surface area contributed by atoms with Crippen molar-refractivity contribution >= 4 is 22.4 Å². The summed E-state index contributed by atoms with van der Waals surface area (Å²) in [6.07, 6.45) is 5.04. The van der Waals surface area contributed by atoms with Crippen molar-refractivity contribution in [3.8, 4) is 5.75 Å². The Hall–Kier alpha value is -2.30. The van der Waals surface area contributed by atoms with E-state index in [1.165, 1.54) is 0 Å². The summed E-state index contributed by atoms with van der Waals surface area (Å²) < 4.78 is 5.44. The predicted molar refractivity (Wildman–Crippen MR) is 76.3 cm³/mol. The van der Waals surface area contributed by atoms with Crippen LogP contribution < -0.4 is 9.64 Å². The topological polar surface area (TPSA) is 62.7 Å². The molecule has 104 valence electrons. The van der Waals surface area contributed by atoms with Crippen LogP contribution in [-0.2, 0) is 4.79 Å². The number of anilines is 1. The maximum absolute atomic E-state index is 11.4. The summed E-state index contributed by atoms with van der Waals surface area (Å²) in [5, 5.41) is 11.4. The monoisotopic (exact) mass is 272 g/mol. The molecule has 0 saturated carbocycles. The smallest absolute Gasteiger partial charge is 0.326 e. The molecule has 5 nitrogen and oxygen atoms in total. The van der Waals surface area contributed by atoms with E-state index in [0.29, 0.717) is 12.2 Å². The highest BCUT2D eigenvalue weighted by atomic mass is 16.5. The van der Waals surface area contributed by atoms with Gasteiger partial charge in [0.15, 0.2) is 0 Å². The summed E-state index contributed by atoms with van der Waals surface area (Å²) in [6, 6.07) is 5.24. The highest BCUT2D eigenvalue weighted by molar-refractivity contribution is 5.98. The molecule has 0 radical (unpaired) electrons. The van der Waals surface area contributed by atoms with Gasteiger partial charge in [0, 0.05) is 29.7 Å². The number of hydrogen-bond donors (Lipinski definition) is 1. The minimum absolute atomic E-state index is 0.484. The van der Waals surface area contributed by atoms with E-state index in [1.54, 1.807) is 19.5 Å². The average molecular weight is 272 g/mol. The fraction of sp³-hybridized carbons (Fsp3) is 0.333. The van der Waals surface area contributed by atoms with E-state index in [1.807, 2.05) is 23.1 Å². The van der Waals surface area contributed by atoms with Crippen LogP contribution in [0.25, 0.3) is 10.8 Å². The molecule has 1 aliphatic heterocycles. The van der Waals surface area contributed by atoms with Gasteiger partial charge in [-0.25, -0.2) is 4.79 Å². The second kappa shape index (κ2) is 5.00. The highest BCUT2D eigenvalue weighted by Gasteiger charge is 2.33. The van der Waals surface area contributed by atoms with Crippen molar-refractivity contribution in [2.45, 2.75) is 18.9 Å². The van der Waals surface area contributed by atoms with Crippen LogP contribution in [0.15, 0.2) is 30.6 Å². The van der Waals surface area contributed by atoms with Gasteiger partial charge < -0.3 is 14.7 Å². The van der Waals surface area contributed by atoms with Gasteiger partial charge in [-0.2, -0.15) is 0 Å². The van der Waals surface area contributed by atoms with Gasteiger partial charge in [0.25, 0.3) is 0 Å². The number of pyridine rings is 1. The number of methoxy groups -OCH3 is 1. The Morgan fingerprint density at radius 2 is 2.30 bits per heavy atom. The van der Waals surface area contributed by atoms with E-state index < -0.39 is 12.0 Å². The first-order valence-corrected chi connectivity index (χ1v) is 6.62. The molecular formula is C15H16N2O3. The summed E-state index contributed by atoms with van der Waals surface area (Å²) in [7, 11) is 1.61. The molecule has 1 atom stereocenters. The molecule has 0 aliphatic carbocycles. The molecule has 20 heavy (non-hydrogen) atoms. The first-order chi connectivity index (χ1) is 9.72. The molecule has 1 aromatic carbocycles. The Morgan fingerprint density at radius 3 is 3.05 bits per heavy atom. The maximum Gasteiger partial charge on any atom is 0.326 e. The average Bonchev–Trinajstić information content (AvgIpc) is 2.95. The van der Waals surface area contributed by atoms with Crippen LogP contribution in [0.1, 0.15) is 12.8 Å². The molecule has 1 saturated heterocycles. The molecule has 2 aromatic rings. The van der Waals surface area contributed by atoms with E-state index >= 15 is 0 Å². The van der Waals surface area contributed by atoms with Gasteiger partial charge >= 0.3 is 5.97 Å². The zero-order chi connectivity index (χ0) is 14.1. The zero-order valence-electron chi connectivity index (χ0n) is 11.2. The van der Waals surface area contributed by atoms with Gasteiger partial charge in [0.1, 0.15) is 11.8 Å². The lowest BCUT2D eigenvalue weighted by molar-refractivity contribution is -0.138. The highest BCUT2D eigenvalue weighted by Crippen LogP contribution is 2.39. The van der Waals surface area contributed by atoms with Gasteiger partial charge in [-0.3, -0.25) is 4.98 Å². The van der Waals surface area contributed by atoms with Crippen LogP contribution in [0.3, 0.4) is 0 Å². The van der Waals surface area contributed by atoms with Crippen LogP contribution in [0.4, 0.5) is 5.69 Å².